The van der Waals surface area contributed by atoms with Crippen molar-refractivity contribution in [3.05, 3.63) is 28.2 Å². The highest BCUT2D eigenvalue weighted by Crippen LogP contribution is 2.39. The normalized spacial score (nSPS) is 20.2. The number of hydrogen-bond acceptors (Lipinski definition) is 2. The van der Waals surface area contributed by atoms with Crippen molar-refractivity contribution >= 4 is 21.6 Å². The van der Waals surface area contributed by atoms with Gasteiger partial charge in [0, 0.05) is 23.2 Å². The second-order valence-electron chi connectivity index (χ2n) is 5.19. The third kappa shape index (κ3) is 3.67. The van der Waals surface area contributed by atoms with E-state index >= 15 is 0 Å². The van der Waals surface area contributed by atoms with E-state index in [1.807, 2.05) is 4.90 Å². The largest absolute Gasteiger partial charge is 0.418 e. The number of nitrogens with two attached hydrogens (primary N) is 1. The summed E-state index contributed by atoms with van der Waals surface area (Å²) in [5, 5.41) is 0. The minimum absolute atomic E-state index is 0.280. The van der Waals surface area contributed by atoms with Crippen LogP contribution in [-0.2, 0) is 6.18 Å². The Morgan fingerprint density at radius 3 is 2.75 bits per heavy atom. The van der Waals surface area contributed by atoms with Crippen LogP contribution in [0.2, 0.25) is 0 Å². The van der Waals surface area contributed by atoms with Crippen LogP contribution in [0.5, 0.6) is 0 Å². The minimum Gasteiger partial charge on any atom is -0.371 e. The summed E-state index contributed by atoms with van der Waals surface area (Å²) in [4.78, 5) is 1.85. The second-order valence-corrected chi connectivity index (χ2v) is 6.11. The topological polar surface area (TPSA) is 29.3 Å². The first-order chi connectivity index (χ1) is 9.41. The quantitative estimate of drug-likeness (QED) is 0.891. The molecule has 0 amide bonds. The molecule has 112 valence electrons. The van der Waals surface area contributed by atoms with Crippen molar-refractivity contribution in [2.24, 2.45) is 11.7 Å². The van der Waals surface area contributed by atoms with Gasteiger partial charge in [-0.1, -0.05) is 15.9 Å². The molecule has 1 saturated heterocycles. The zero-order valence-electron chi connectivity index (χ0n) is 11.1. The number of hydrogen-bond donors (Lipinski definition) is 1. The van der Waals surface area contributed by atoms with Gasteiger partial charge in [0.2, 0.25) is 0 Å². The Morgan fingerprint density at radius 2 is 2.10 bits per heavy atom. The fourth-order valence-electron chi connectivity index (χ4n) is 2.77. The SMILES string of the molecule is NCCC1CCCN(c2ccc(Br)cc2C(F)(F)F)C1. The van der Waals surface area contributed by atoms with Crippen LogP contribution in [0, 0.1) is 5.92 Å². The van der Waals surface area contributed by atoms with Crippen molar-refractivity contribution in [1.82, 2.24) is 0 Å². The number of rotatable bonds is 3. The highest BCUT2D eigenvalue weighted by atomic mass is 79.9. The Balaban J connectivity index is 2.27. The van der Waals surface area contributed by atoms with Crippen LogP contribution in [0.3, 0.4) is 0 Å². The average Bonchev–Trinajstić information content (AvgIpc) is 2.38. The van der Waals surface area contributed by atoms with Gasteiger partial charge in [-0.05, 0) is 49.9 Å². The van der Waals surface area contributed by atoms with Gasteiger partial charge >= 0.3 is 6.18 Å². The van der Waals surface area contributed by atoms with Gasteiger partial charge in [0.15, 0.2) is 0 Å². The minimum atomic E-state index is -4.33. The molecule has 2 N–H and O–H groups in total. The Kier molecular flexibility index (Phi) is 4.96. The van der Waals surface area contributed by atoms with E-state index in [4.69, 9.17) is 5.73 Å². The molecule has 1 aromatic rings. The number of halogens is 4. The Labute approximate surface area is 125 Å². The molecule has 1 aliphatic rings. The summed E-state index contributed by atoms with van der Waals surface area (Å²) < 4.78 is 39.9. The molecular weight excluding hydrogens is 333 g/mol. The lowest BCUT2D eigenvalue weighted by Crippen LogP contribution is -2.37. The number of alkyl halides is 3. The van der Waals surface area contributed by atoms with Crippen molar-refractivity contribution in [3.8, 4) is 0 Å². The van der Waals surface area contributed by atoms with Crippen LogP contribution in [0.4, 0.5) is 18.9 Å². The molecule has 2 nitrogen and oxygen atoms in total. The zero-order chi connectivity index (χ0) is 14.8. The first-order valence-corrected chi connectivity index (χ1v) is 7.53. The molecule has 0 aliphatic carbocycles. The lowest BCUT2D eigenvalue weighted by atomic mass is 9.94. The summed E-state index contributed by atoms with van der Waals surface area (Å²) in [6, 6.07) is 4.37. The third-order valence-electron chi connectivity index (χ3n) is 3.70. The zero-order valence-corrected chi connectivity index (χ0v) is 12.7. The lowest BCUT2D eigenvalue weighted by Gasteiger charge is -2.35. The molecule has 1 heterocycles. The molecule has 0 bridgehead atoms. The van der Waals surface area contributed by atoms with Crippen molar-refractivity contribution < 1.29 is 13.2 Å². The summed E-state index contributed by atoms with van der Waals surface area (Å²) in [6.45, 7) is 1.92. The van der Waals surface area contributed by atoms with Gasteiger partial charge in [-0.2, -0.15) is 13.2 Å². The standard InChI is InChI=1S/C14H18BrF3N2/c15-11-3-4-13(12(8-11)14(16,17)18)20-7-1-2-10(9-20)5-6-19/h3-4,8,10H,1-2,5-7,9,19H2. The monoisotopic (exact) mass is 350 g/mol. The highest BCUT2D eigenvalue weighted by molar-refractivity contribution is 9.10. The molecule has 20 heavy (non-hydrogen) atoms. The first-order valence-electron chi connectivity index (χ1n) is 6.73. The molecule has 1 atom stereocenters. The van der Waals surface area contributed by atoms with Gasteiger partial charge in [-0.3, -0.25) is 0 Å². The van der Waals surface area contributed by atoms with Crippen LogP contribution in [0.15, 0.2) is 22.7 Å². The maximum absolute atomic E-state index is 13.2. The van der Waals surface area contributed by atoms with E-state index in [2.05, 4.69) is 15.9 Å². The molecule has 6 heteroatoms. The van der Waals surface area contributed by atoms with Crippen LogP contribution in [0.1, 0.15) is 24.8 Å². The maximum atomic E-state index is 13.2. The van der Waals surface area contributed by atoms with Crippen molar-refractivity contribution in [1.29, 1.82) is 0 Å². The molecule has 1 unspecified atom stereocenters. The van der Waals surface area contributed by atoms with Gasteiger partial charge in [0.1, 0.15) is 0 Å². The van der Waals surface area contributed by atoms with E-state index in [0.717, 1.165) is 25.3 Å². The number of anilines is 1. The molecule has 2 rings (SSSR count). The third-order valence-corrected chi connectivity index (χ3v) is 4.19. The summed E-state index contributed by atoms with van der Waals surface area (Å²) in [5.41, 5.74) is 5.27. The van der Waals surface area contributed by atoms with Gasteiger partial charge in [0.25, 0.3) is 0 Å². The molecule has 0 radical (unpaired) electrons. The van der Waals surface area contributed by atoms with E-state index in [0.29, 0.717) is 30.0 Å². The second kappa shape index (κ2) is 6.35. The van der Waals surface area contributed by atoms with Gasteiger partial charge in [-0.15, -0.1) is 0 Å². The van der Waals surface area contributed by atoms with E-state index in [1.165, 1.54) is 0 Å². The fourth-order valence-corrected chi connectivity index (χ4v) is 3.13. The van der Waals surface area contributed by atoms with Crippen LogP contribution >= 0.6 is 15.9 Å². The fraction of sp³-hybridized carbons (Fsp3) is 0.571. The van der Waals surface area contributed by atoms with Crippen LogP contribution in [0.25, 0.3) is 0 Å². The van der Waals surface area contributed by atoms with Crippen LogP contribution < -0.4 is 10.6 Å². The van der Waals surface area contributed by atoms with E-state index in [9.17, 15) is 13.2 Å². The molecule has 1 fully saturated rings. The Hall–Kier alpha value is -0.750. The highest BCUT2D eigenvalue weighted by Gasteiger charge is 2.36. The first kappa shape index (κ1) is 15.6. The van der Waals surface area contributed by atoms with E-state index in [-0.39, 0.29) is 5.69 Å². The van der Waals surface area contributed by atoms with E-state index < -0.39 is 11.7 Å². The predicted molar refractivity (Wildman–Crippen MR) is 77.8 cm³/mol. The Bertz CT molecular complexity index is 460. The van der Waals surface area contributed by atoms with E-state index in [1.54, 1.807) is 12.1 Å². The molecular formula is C14H18BrF3N2. The van der Waals surface area contributed by atoms with Crippen molar-refractivity contribution in [3.63, 3.8) is 0 Å². The maximum Gasteiger partial charge on any atom is 0.418 e. The van der Waals surface area contributed by atoms with Crippen LogP contribution in [-0.4, -0.2) is 19.6 Å². The average molecular weight is 351 g/mol. The smallest absolute Gasteiger partial charge is 0.371 e. The van der Waals surface area contributed by atoms with Gasteiger partial charge < -0.3 is 10.6 Å². The van der Waals surface area contributed by atoms with Gasteiger partial charge in [0.05, 0.1) is 5.56 Å². The predicted octanol–water partition coefficient (Wildman–Crippen LogP) is 4.03. The van der Waals surface area contributed by atoms with Gasteiger partial charge in [-0.25, -0.2) is 0 Å². The summed E-state index contributed by atoms with van der Waals surface area (Å²) in [5.74, 6) is 0.387. The summed E-state index contributed by atoms with van der Waals surface area (Å²) in [6.07, 6.45) is -1.50. The summed E-state index contributed by atoms with van der Waals surface area (Å²) in [7, 11) is 0. The molecule has 0 aromatic heterocycles. The number of piperidine rings is 1. The summed E-state index contributed by atoms with van der Waals surface area (Å²) >= 11 is 3.11. The number of benzene rings is 1. The lowest BCUT2D eigenvalue weighted by molar-refractivity contribution is -0.137. The molecule has 1 aromatic carbocycles. The number of nitrogens with zero attached hydrogens (tertiary/aromatic N) is 1. The molecule has 1 aliphatic heterocycles. The molecule has 0 saturated carbocycles. The van der Waals surface area contributed by atoms with Crippen molar-refractivity contribution in [2.75, 3.05) is 24.5 Å². The molecule has 0 spiro atoms. The Morgan fingerprint density at radius 1 is 1.35 bits per heavy atom. The van der Waals surface area contributed by atoms with Crippen molar-refractivity contribution in [2.45, 2.75) is 25.4 Å².